The molecule has 1 amide bonds. The highest BCUT2D eigenvalue weighted by Gasteiger charge is 2.27. The van der Waals surface area contributed by atoms with Crippen molar-refractivity contribution in [1.82, 2.24) is 5.32 Å². The Labute approximate surface area is 109 Å². The van der Waals surface area contributed by atoms with Gasteiger partial charge < -0.3 is 10.4 Å². The first-order valence-electron chi connectivity index (χ1n) is 7.07. The second-order valence-electron chi connectivity index (χ2n) is 5.43. The molecule has 0 radical (unpaired) electrons. The fourth-order valence-corrected chi connectivity index (χ4v) is 2.60. The number of aliphatic carboxylic acids is 1. The third-order valence-electron chi connectivity index (χ3n) is 3.91. The van der Waals surface area contributed by atoms with E-state index < -0.39 is 12.0 Å². The molecule has 1 saturated carbocycles. The van der Waals surface area contributed by atoms with Crippen LogP contribution in [0.25, 0.3) is 0 Å². The van der Waals surface area contributed by atoms with Gasteiger partial charge in [0.05, 0.1) is 0 Å². The number of nitrogens with one attached hydrogen (secondary N) is 1. The molecule has 104 valence electrons. The minimum atomic E-state index is -0.972. The summed E-state index contributed by atoms with van der Waals surface area (Å²) in [6.45, 7) is 3.71. The molecular weight excluding hydrogens is 230 g/mol. The summed E-state index contributed by atoms with van der Waals surface area (Å²) in [6.07, 6.45) is 7.82. The Balaban J connectivity index is 2.29. The van der Waals surface area contributed by atoms with E-state index in [0.717, 1.165) is 31.6 Å². The summed E-state index contributed by atoms with van der Waals surface area (Å²) in [4.78, 5) is 22.5. The van der Waals surface area contributed by atoms with Gasteiger partial charge in [0.1, 0.15) is 6.04 Å². The van der Waals surface area contributed by atoms with Crippen molar-refractivity contribution in [2.75, 3.05) is 0 Å². The lowest BCUT2D eigenvalue weighted by Crippen LogP contribution is -2.42. The number of unbranched alkanes of at least 4 members (excludes halogenated alkanes) is 1. The van der Waals surface area contributed by atoms with E-state index in [0.29, 0.717) is 0 Å². The SMILES string of the molecule is CCCCC1CCC(C(=O)N[C@H](C)C(=O)O)CC1. The summed E-state index contributed by atoms with van der Waals surface area (Å²) in [6, 6.07) is -0.782. The standard InChI is InChI=1S/C14H25NO3/c1-3-4-5-11-6-8-12(9-7-11)13(16)15-10(2)14(17)18/h10-12H,3-9H2,1-2H3,(H,15,16)(H,17,18)/t10-,11?,12?/m1/s1. The Morgan fingerprint density at radius 2 is 1.89 bits per heavy atom. The summed E-state index contributed by atoms with van der Waals surface area (Å²) in [7, 11) is 0. The molecule has 0 spiro atoms. The molecule has 18 heavy (non-hydrogen) atoms. The van der Waals surface area contributed by atoms with Crippen LogP contribution in [0, 0.1) is 11.8 Å². The van der Waals surface area contributed by atoms with Crippen molar-refractivity contribution in [3.05, 3.63) is 0 Å². The number of amides is 1. The van der Waals surface area contributed by atoms with E-state index in [-0.39, 0.29) is 11.8 Å². The fourth-order valence-electron chi connectivity index (χ4n) is 2.60. The van der Waals surface area contributed by atoms with Gasteiger partial charge in [-0.2, -0.15) is 0 Å². The van der Waals surface area contributed by atoms with Gasteiger partial charge in [-0.3, -0.25) is 9.59 Å². The Kier molecular flexibility index (Phi) is 6.16. The molecule has 0 saturated heterocycles. The predicted molar refractivity (Wildman–Crippen MR) is 70.2 cm³/mol. The van der Waals surface area contributed by atoms with Gasteiger partial charge in [-0.15, -0.1) is 0 Å². The van der Waals surface area contributed by atoms with Crippen LogP contribution in [-0.2, 0) is 9.59 Å². The number of carboxylic acids is 1. The van der Waals surface area contributed by atoms with E-state index in [1.165, 1.54) is 26.2 Å². The van der Waals surface area contributed by atoms with E-state index in [4.69, 9.17) is 5.11 Å². The highest BCUT2D eigenvalue weighted by atomic mass is 16.4. The first kappa shape index (κ1) is 15.0. The number of carbonyl (C=O) groups excluding carboxylic acids is 1. The average molecular weight is 255 g/mol. The van der Waals surface area contributed by atoms with Crippen molar-refractivity contribution in [3.8, 4) is 0 Å². The number of hydrogen-bond acceptors (Lipinski definition) is 2. The van der Waals surface area contributed by atoms with Crippen LogP contribution in [-0.4, -0.2) is 23.0 Å². The smallest absolute Gasteiger partial charge is 0.325 e. The maximum Gasteiger partial charge on any atom is 0.325 e. The zero-order chi connectivity index (χ0) is 13.5. The molecule has 0 aromatic rings. The zero-order valence-corrected chi connectivity index (χ0v) is 11.4. The molecule has 2 N–H and O–H groups in total. The monoisotopic (exact) mass is 255 g/mol. The van der Waals surface area contributed by atoms with Crippen LogP contribution in [0.2, 0.25) is 0 Å². The minimum Gasteiger partial charge on any atom is -0.480 e. The Bertz CT molecular complexity index is 283. The van der Waals surface area contributed by atoms with Crippen LogP contribution < -0.4 is 5.32 Å². The molecule has 0 aliphatic heterocycles. The van der Waals surface area contributed by atoms with Gasteiger partial charge >= 0.3 is 5.97 Å². The maximum atomic E-state index is 11.9. The normalized spacial score (nSPS) is 25.4. The molecular formula is C14H25NO3. The summed E-state index contributed by atoms with van der Waals surface area (Å²) in [5.74, 6) is -0.269. The molecule has 0 bridgehead atoms. The third kappa shape index (κ3) is 4.67. The largest absolute Gasteiger partial charge is 0.480 e. The van der Waals surface area contributed by atoms with E-state index in [1.54, 1.807) is 0 Å². The minimum absolute atomic E-state index is 0.0182. The lowest BCUT2D eigenvalue weighted by atomic mass is 9.79. The summed E-state index contributed by atoms with van der Waals surface area (Å²) >= 11 is 0. The first-order valence-corrected chi connectivity index (χ1v) is 7.07. The molecule has 4 heteroatoms. The van der Waals surface area contributed by atoms with Crippen LogP contribution in [0.4, 0.5) is 0 Å². The molecule has 0 aromatic carbocycles. The number of carboxylic acid groups (broad SMARTS) is 1. The van der Waals surface area contributed by atoms with Gasteiger partial charge in [0.15, 0.2) is 0 Å². The molecule has 1 rings (SSSR count). The Hall–Kier alpha value is -1.06. The van der Waals surface area contributed by atoms with Gasteiger partial charge in [0.25, 0.3) is 0 Å². The molecule has 0 aromatic heterocycles. The van der Waals surface area contributed by atoms with Gasteiger partial charge in [-0.05, 0) is 38.5 Å². The van der Waals surface area contributed by atoms with Crippen molar-refractivity contribution >= 4 is 11.9 Å². The zero-order valence-electron chi connectivity index (χ0n) is 11.4. The second kappa shape index (κ2) is 7.39. The van der Waals surface area contributed by atoms with E-state index in [2.05, 4.69) is 12.2 Å². The van der Waals surface area contributed by atoms with Crippen molar-refractivity contribution in [3.63, 3.8) is 0 Å². The molecule has 4 nitrogen and oxygen atoms in total. The average Bonchev–Trinajstić information content (AvgIpc) is 2.36. The molecule has 1 fully saturated rings. The van der Waals surface area contributed by atoms with Crippen molar-refractivity contribution < 1.29 is 14.7 Å². The fraction of sp³-hybridized carbons (Fsp3) is 0.857. The van der Waals surface area contributed by atoms with Crippen molar-refractivity contribution in [1.29, 1.82) is 0 Å². The van der Waals surface area contributed by atoms with Crippen LogP contribution in [0.1, 0.15) is 58.8 Å². The third-order valence-corrected chi connectivity index (χ3v) is 3.91. The molecule has 0 heterocycles. The van der Waals surface area contributed by atoms with E-state index >= 15 is 0 Å². The molecule has 1 aliphatic rings. The number of rotatable bonds is 6. The lowest BCUT2D eigenvalue weighted by Gasteiger charge is -2.28. The van der Waals surface area contributed by atoms with Gasteiger partial charge in [0, 0.05) is 5.92 Å². The topological polar surface area (TPSA) is 66.4 Å². The van der Waals surface area contributed by atoms with Crippen LogP contribution >= 0.6 is 0 Å². The number of carbonyl (C=O) groups is 2. The van der Waals surface area contributed by atoms with Crippen molar-refractivity contribution in [2.45, 2.75) is 64.8 Å². The second-order valence-corrected chi connectivity index (χ2v) is 5.43. The summed E-state index contributed by atoms with van der Waals surface area (Å²) in [5.41, 5.74) is 0. The Morgan fingerprint density at radius 1 is 1.28 bits per heavy atom. The van der Waals surface area contributed by atoms with Crippen molar-refractivity contribution in [2.24, 2.45) is 11.8 Å². The summed E-state index contributed by atoms with van der Waals surface area (Å²) < 4.78 is 0. The quantitative estimate of drug-likeness (QED) is 0.766. The molecule has 0 unspecified atom stereocenters. The summed E-state index contributed by atoms with van der Waals surface area (Å²) in [5, 5.41) is 11.3. The number of hydrogen-bond donors (Lipinski definition) is 2. The Morgan fingerprint density at radius 3 is 2.39 bits per heavy atom. The van der Waals surface area contributed by atoms with E-state index in [1.807, 2.05) is 0 Å². The van der Waals surface area contributed by atoms with Gasteiger partial charge in [-0.25, -0.2) is 0 Å². The maximum absolute atomic E-state index is 11.9. The van der Waals surface area contributed by atoms with E-state index in [9.17, 15) is 9.59 Å². The first-order chi connectivity index (χ1) is 8.54. The highest BCUT2D eigenvalue weighted by Crippen LogP contribution is 2.31. The lowest BCUT2D eigenvalue weighted by molar-refractivity contribution is -0.142. The van der Waals surface area contributed by atoms with Gasteiger partial charge in [0.2, 0.25) is 5.91 Å². The molecule has 1 aliphatic carbocycles. The van der Waals surface area contributed by atoms with Crippen LogP contribution in [0.5, 0.6) is 0 Å². The predicted octanol–water partition coefficient (Wildman–Crippen LogP) is 2.57. The highest BCUT2D eigenvalue weighted by molar-refractivity contribution is 5.84. The van der Waals surface area contributed by atoms with Gasteiger partial charge in [-0.1, -0.05) is 26.2 Å². The van der Waals surface area contributed by atoms with Crippen LogP contribution in [0.15, 0.2) is 0 Å². The molecule has 1 atom stereocenters. The van der Waals surface area contributed by atoms with Crippen LogP contribution in [0.3, 0.4) is 0 Å².